The first-order valence-corrected chi connectivity index (χ1v) is 9.45. The van der Waals surface area contributed by atoms with Crippen LogP contribution in [0.2, 0.25) is 0 Å². The quantitative estimate of drug-likeness (QED) is 0.704. The molecule has 0 heterocycles. The number of rotatable bonds is 5. The molecule has 0 saturated carbocycles. The van der Waals surface area contributed by atoms with Crippen LogP contribution >= 0.6 is 7.92 Å². The predicted octanol–water partition coefficient (Wildman–Crippen LogP) is 2.83. The molecule has 0 spiro atoms. The van der Waals surface area contributed by atoms with Crippen molar-refractivity contribution < 1.29 is 5.11 Å². The lowest BCUT2D eigenvalue weighted by molar-refractivity contribution is 0.154. The molecule has 24 heavy (non-hydrogen) atoms. The molecular formula is C21H22NOP. The van der Waals surface area contributed by atoms with Crippen LogP contribution in [0.3, 0.4) is 0 Å². The molecular weight excluding hydrogens is 313 g/mol. The zero-order chi connectivity index (χ0) is 16.9. The first-order chi connectivity index (χ1) is 11.7. The van der Waals surface area contributed by atoms with Crippen LogP contribution in [-0.4, -0.2) is 11.1 Å². The largest absolute Gasteiger partial charge is 0.387 e. The summed E-state index contributed by atoms with van der Waals surface area (Å²) in [7, 11) is -0.740. The van der Waals surface area contributed by atoms with Crippen LogP contribution in [0, 0.1) is 0 Å². The van der Waals surface area contributed by atoms with Crippen molar-refractivity contribution in [3.05, 3.63) is 90.5 Å². The van der Waals surface area contributed by atoms with Gasteiger partial charge in [-0.05, 0) is 36.3 Å². The van der Waals surface area contributed by atoms with Gasteiger partial charge in [-0.15, -0.1) is 0 Å². The zero-order valence-electron chi connectivity index (χ0n) is 13.7. The van der Waals surface area contributed by atoms with Gasteiger partial charge in [-0.25, -0.2) is 0 Å². The third-order valence-electron chi connectivity index (χ3n) is 4.02. The van der Waals surface area contributed by atoms with Crippen molar-refractivity contribution in [1.82, 2.24) is 0 Å². The standard InChI is InChI=1S/C21H22NOP/c1-16(22)21(23)19-14-8-9-15-20(19)24(17-10-4-2-5-11-17)18-12-6-3-7-13-18/h2-16,21,23H,22H2,1H3. The second-order valence-electron chi connectivity index (χ2n) is 5.87. The van der Waals surface area contributed by atoms with Crippen molar-refractivity contribution in [1.29, 1.82) is 0 Å². The smallest absolute Gasteiger partial charge is 0.0944 e. The summed E-state index contributed by atoms with van der Waals surface area (Å²) in [6.45, 7) is 1.84. The monoisotopic (exact) mass is 335 g/mol. The Balaban J connectivity index is 2.18. The lowest BCUT2D eigenvalue weighted by Gasteiger charge is -2.25. The van der Waals surface area contributed by atoms with Gasteiger partial charge in [0.2, 0.25) is 0 Å². The normalized spacial score (nSPS) is 13.7. The fraction of sp³-hybridized carbons (Fsp3) is 0.143. The molecule has 2 unspecified atom stereocenters. The summed E-state index contributed by atoms with van der Waals surface area (Å²) in [6.07, 6.45) is -0.668. The van der Waals surface area contributed by atoms with Crippen LogP contribution in [0.25, 0.3) is 0 Å². The second kappa shape index (κ2) is 7.72. The van der Waals surface area contributed by atoms with Gasteiger partial charge in [-0.2, -0.15) is 0 Å². The average molecular weight is 335 g/mol. The molecule has 3 aromatic rings. The second-order valence-corrected chi connectivity index (χ2v) is 8.05. The highest BCUT2D eigenvalue weighted by Gasteiger charge is 2.23. The number of hydrogen-bond donors (Lipinski definition) is 2. The number of aliphatic hydroxyl groups excluding tert-OH is 1. The highest BCUT2D eigenvalue weighted by molar-refractivity contribution is 7.79. The summed E-state index contributed by atoms with van der Waals surface area (Å²) < 4.78 is 0. The van der Waals surface area contributed by atoms with Crippen molar-refractivity contribution >= 4 is 23.8 Å². The SMILES string of the molecule is CC(N)C(O)c1ccccc1P(c1ccccc1)c1ccccc1. The van der Waals surface area contributed by atoms with Gasteiger partial charge in [0, 0.05) is 6.04 Å². The van der Waals surface area contributed by atoms with Crippen molar-refractivity contribution in [3.8, 4) is 0 Å². The molecule has 0 aliphatic heterocycles. The maximum absolute atomic E-state index is 10.6. The molecule has 0 aliphatic rings. The number of benzene rings is 3. The molecule has 3 heteroatoms. The minimum absolute atomic E-state index is 0.311. The maximum Gasteiger partial charge on any atom is 0.0944 e. The Morgan fingerprint density at radius 1 is 0.750 bits per heavy atom. The van der Waals surface area contributed by atoms with Crippen molar-refractivity contribution in [2.75, 3.05) is 0 Å². The van der Waals surface area contributed by atoms with Crippen molar-refractivity contribution in [2.24, 2.45) is 5.73 Å². The van der Waals surface area contributed by atoms with Gasteiger partial charge in [-0.1, -0.05) is 84.9 Å². The van der Waals surface area contributed by atoms with Crippen molar-refractivity contribution in [2.45, 2.75) is 19.1 Å². The molecule has 3 aromatic carbocycles. The minimum Gasteiger partial charge on any atom is -0.387 e. The highest BCUT2D eigenvalue weighted by Crippen LogP contribution is 2.35. The fourth-order valence-corrected chi connectivity index (χ4v) is 5.30. The topological polar surface area (TPSA) is 46.2 Å². The summed E-state index contributed by atoms with van der Waals surface area (Å²) >= 11 is 0. The molecule has 0 fully saturated rings. The number of aliphatic hydroxyl groups is 1. The average Bonchev–Trinajstić information content (AvgIpc) is 2.63. The third-order valence-corrected chi connectivity index (χ3v) is 6.54. The van der Waals surface area contributed by atoms with E-state index in [2.05, 4.69) is 54.6 Å². The lowest BCUT2D eigenvalue weighted by Crippen LogP contribution is -2.30. The third kappa shape index (κ3) is 3.57. The molecule has 0 bridgehead atoms. The van der Waals surface area contributed by atoms with E-state index < -0.39 is 14.0 Å². The van der Waals surface area contributed by atoms with E-state index in [1.165, 1.54) is 10.6 Å². The van der Waals surface area contributed by atoms with E-state index in [1.807, 2.05) is 37.3 Å². The molecule has 2 atom stereocenters. The van der Waals surface area contributed by atoms with E-state index in [0.717, 1.165) is 10.9 Å². The number of hydrogen-bond acceptors (Lipinski definition) is 2. The van der Waals surface area contributed by atoms with Gasteiger partial charge in [0.25, 0.3) is 0 Å². The Morgan fingerprint density at radius 2 is 1.21 bits per heavy atom. The van der Waals surface area contributed by atoms with E-state index in [1.54, 1.807) is 0 Å². The van der Waals surface area contributed by atoms with Crippen LogP contribution in [0.5, 0.6) is 0 Å². The highest BCUT2D eigenvalue weighted by atomic mass is 31.1. The van der Waals surface area contributed by atoms with Crippen LogP contribution in [0.1, 0.15) is 18.6 Å². The van der Waals surface area contributed by atoms with E-state index in [4.69, 9.17) is 5.73 Å². The summed E-state index contributed by atoms with van der Waals surface area (Å²) in [5, 5.41) is 14.3. The van der Waals surface area contributed by atoms with Gasteiger partial charge in [0.1, 0.15) is 0 Å². The molecule has 122 valence electrons. The summed E-state index contributed by atoms with van der Waals surface area (Å²) in [6, 6.07) is 28.8. The van der Waals surface area contributed by atoms with Crippen LogP contribution < -0.4 is 21.6 Å². The van der Waals surface area contributed by atoms with E-state index in [9.17, 15) is 5.11 Å². The van der Waals surface area contributed by atoms with E-state index >= 15 is 0 Å². The Labute approximate surface area is 144 Å². The molecule has 0 aliphatic carbocycles. The first-order valence-electron chi connectivity index (χ1n) is 8.11. The maximum atomic E-state index is 10.6. The molecule has 0 saturated heterocycles. The zero-order valence-corrected chi connectivity index (χ0v) is 14.6. The molecule has 3 rings (SSSR count). The summed E-state index contributed by atoms with van der Waals surface area (Å²) in [4.78, 5) is 0. The Hall–Kier alpha value is -1.99. The molecule has 3 N–H and O–H groups in total. The van der Waals surface area contributed by atoms with Crippen LogP contribution in [0.15, 0.2) is 84.9 Å². The van der Waals surface area contributed by atoms with E-state index in [-0.39, 0.29) is 6.04 Å². The lowest BCUT2D eigenvalue weighted by atomic mass is 10.0. The minimum atomic E-state index is -0.740. The first kappa shape index (κ1) is 16.9. The van der Waals surface area contributed by atoms with E-state index in [0.29, 0.717) is 0 Å². The van der Waals surface area contributed by atoms with Gasteiger partial charge < -0.3 is 10.8 Å². The molecule has 0 aromatic heterocycles. The predicted molar refractivity (Wildman–Crippen MR) is 104 cm³/mol. The van der Waals surface area contributed by atoms with Gasteiger partial charge in [0.05, 0.1) is 6.10 Å². The number of nitrogens with two attached hydrogens (primary N) is 1. The van der Waals surface area contributed by atoms with Gasteiger partial charge in [-0.3, -0.25) is 0 Å². The summed E-state index contributed by atoms with van der Waals surface area (Å²) in [5.41, 5.74) is 6.89. The van der Waals surface area contributed by atoms with Crippen molar-refractivity contribution in [3.63, 3.8) is 0 Å². The Kier molecular flexibility index (Phi) is 5.42. The Morgan fingerprint density at radius 3 is 1.71 bits per heavy atom. The van der Waals surface area contributed by atoms with Crippen LogP contribution in [0.4, 0.5) is 0 Å². The summed E-state index contributed by atoms with van der Waals surface area (Å²) in [5.74, 6) is 0. The van der Waals surface area contributed by atoms with Crippen LogP contribution in [-0.2, 0) is 0 Å². The van der Waals surface area contributed by atoms with Gasteiger partial charge >= 0.3 is 0 Å². The molecule has 2 nitrogen and oxygen atoms in total. The fourth-order valence-electron chi connectivity index (χ4n) is 2.81. The molecule has 0 radical (unpaired) electrons. The molecule has 0 amide bonds. The Bertz CT molecular complexity index is 735. The van der Waals surface area contributed by atoms with Gasteiger partial charge in [0.15, 0.2) is 0 Å².